The van der Waals surface area contributed by atoms with Crippen LogP contribution in [0.25, 0.3) is 0 Å². The minimum Gasteiger partial charge on any atom is -0.384 e. The van der Waals surface area contributed by atoms with Gasteiger partial charge < -0.3 is 4.74 Å². The third-order valence-electron chi connectivity index (χ3n) is 3.75. The first kappa shape index (κ1) is 13.3. The largest absolute Gasteiger partial charge is 0.384 e. The molecule has 0 unspecified atom stereocenters. The van der Waals surface area contributed by atoms with Gasteiger partial charge in [0.05, 0.1) is 12.3 Å². The molecule has 106 valence electrons. The highest BCUT2D eigenvalue weighted by Gasteiger charge is 2.27. The number of hydrogen-bond acceptors (Lipinski definition) is 4. The van der Waals surface area contributed by atoms with Crippen LogP contribution in [0.1, 0.15) is 22.7 Å². The first-order chi connectivity index (χ1) is 9.76. The molecule has 5 nitrogen and oxygen atoms in total. The second-order valence-corrected chi connectivity index (χ2v) is 5.38. The second kappa shape index (κ2) is 5.73. The molecule has 1 aliphatic rings. The molecule has 2 aromatic heterocycles. The third-order valence-corrected chi connectivity index (χ3v) is 3.75. The molecule has 0 aliphatic carbocycles. The lowest BCUT2D eigenvalue weighted by atomic mass is 9.95. The van der Waals surface area contributed by atoms with Crippen molar-refractivity contribution in [2.75, 3.05) is 20.3 Å². The molecule has 1 aliphatic heterocycles. The van der Waals surface area contributed by atoms with Gasteiger partial charge in [0, 0.05) is 63.9 Å². The van der Waals surface area contributed by atoms with Crippen molar-refractivity contribution in [3.8, 4) is 0 Å². The summed E-state index contributed by atoms with van der Waals surface area (Å²) in [7, 11) is 3.74. The summed E-state index contributed by atoms with van der Waals surface area (Å²) in [6, 6.07) is 4.14. The number of rotatable bonds is 4. The molecule has 0 amide bonds. The van der Waals surface area contributed by atoms with E-state index in [1.54, 1.807) is 7.11 Å². The van der Waals surface area contributed by atoms with E-state index in [9.17, 15) is 0 Å². The number of ether oxygens (including phenoxy) is 1. The monoisotopic (exact) mass is 272 g/mol. The summed E-state index contributed by atoms with van der Waals surface area (Å²) >= 11 is 0. The first-order valence-electron chi connectivity index (χ1n) is 6.89. The van der Waals surface area contributed by atoms with E-state index in [4.69, 9.17) is 4.74 Å². The predicted octanol–water partition coefficient (Wildman–Crippen LogP) is 1.56. The van der Waals surface area contributed by atoms with Crippen molar-refractivity contribution in [3.63, 3.8) is 0 Å². The number of aromatic nitrogens is 3. The van der Waals surface area contributed by atoms with Crippen LogP contribution < -0.4 is 0 Å². The minimum atomic E-state index is 0.402. The number of aryl methyl sites for hydroxylation is 1. The predicted molar refractivity (Wildman–Crippen MR) is 76.2 cm³/mol. The number of methoxy groups -OCH3 is 1. The van der Waals surface area contributed by atoms with Crippen LogP contribution in [-0.4, -0.2) is 39.9 Å². The van der Waals surface area contributed by atoms with Crippen molar-refractivity contribution >= 4 is 0 Å². The molecule has 0 spiro atoms. The molecule has 20 heavy (non-hydrogen) atoms. The van der Waals surface area contributed by atoms with Crippen molar-refractivity contribution in [2.24, 2.45) is 7.05 Å². The number of hydrogen-bond donors (Lipinski definition) is 0. The van der Waals surface area contributed by atoms with E-state index < -0.39 is 0 Å². The molecule has 3 heterocycles. The van der Waals surface area contributed by atoms with Crippen LogP contribution in [0, 0.1) is 0 Å². The number of pyridine rings is 1. The van der Waals surface area contributed by atoms with E-state index in [1.165, 1.54) is 16.8 Å². The lowest BCUT2D eigenvalue weighted by Crippen LogP contribution is -2.34. The van der Waals surface area contributed by atoms with Crippen LogP contribution in [-0.2, 0) is 24.9 Å². The van der Waals surface area contributed by atoms with E-state index in [0.717, 1.165) is 26.2 Å². The Bertz CT molecular complexity index is 567. The lowest BCUT2D eigenvalue weighted by Gasteiger charge is -2.31. The Balaban J connectivity index is 1.79. The highest BCUT2D eigenvalue weighted by Crippen LogP contribution is 2.28. The summed E-state index contributed by atoms with van der Waals surface area (Å²) in [5.74, 6) is 0.402. The molecule has 0 saturated heterocycles. The van der Waals surface area contributed by atoms with E-state index in [0.29, 0.717) is 5.92 Å². The van der Waals surface area contributed by atoms with Crippen molar-refractivity contribution in [1.82, 2.24) is 19.7 Å². The topological polar surface area (TPSA) is 43.2 Å². The summed E-state index contributed by atoms with van der Waals surface area (Å²) in [5.41, 5.74) is 3.80. The third kappa shape index (κ3) is 2.73. The van der Waals surface area contributed by atoms with Gasteiger partial charge in [0.15, 0.2) is 0 Å². The molecule has 5 heteroatoms. The van der Waals surface area contributed by atoms with Crippen molar-refractivity contribution in [3.05, 3.63) is 47.5 Å². The summed E-state index contributed by atoms with van der Waals surface area (Å²) < 4.78 is 7.28. The van der Waals surface area contributed by atoms with Gasteiger partial charge in [0.25, 0.3) is 0 Å². The fourth-order valence-electron chi connectivity index (χ4n) is 2.91. The Morgan fingerprint density at radius 2 is 2.15 bits per heavy atom. The molecule has 3 rings (SSSR count). The summed E-state index contributed by atoms with van der Waals surface area (Å²) in [6.45, 7) is 3.58. The zero-order valence-corrected chi connectivity index (χ0v) is 12.0. The van der Waals surface area contributed by atoms with E-state index >= 15 is 0 Å². The van der Waals surface area contributed by atoms with Crippen molar-refractivity contribution in [1.29, 1.82) is 0 Å². The van der Waals surface area contributed by atoms with Crippen molar-refractivity contribution in [2.45, 2.75) is 19.0 Å². The van der Waals surface area contributed by atoms with E-state index in [-0.39, 0.29) is 0 Å². The summed E-state index contributed by atoms with van der Waals surface area (Å²) in [4.78, 5) is 6.49. The highest BCUT2D eigenvalue weighted by atomic mass is 16.5. The van der Waals surface area contributed by atoms with Gasteiger partial charge in [-0.1, -0.05) is 0 Å². The molecule has 0 fully saturated rings. The van der Waals surface area contributed by atoms with Crippen LogP contribution >= 0.6 is 0 Å². The average molecular weight is 272 g/mol. The van der Waals surface area contributed by atoms with Gasteiger partial charge in [-0.3, -0.25) is 14.6 Å². The molecule has 0 saturated carbocycles. The van der Waals surface area contributed by atoms with Gasteiger partial charge in [-0.2, -0.15) is 5.10 Å². The first-order valence-corrected chi connectivity index (χ1v) is 6.89. The molecule has 0 radical (unpaired) electrons. The van der Waals surface area contributed by atoms with Crippen LogP contribution in [0.15, 0.2) is 30.7 Å². The Labute approximate surface area is 119 Å². The van der Waals surface area contributed by atoms with Gasteiger partial charge in [-0.05, 0) is 17.7 Å². The van der Waals surface area contributed by atoms with E-state index in [1.807, 2.05) is 24.1 Å². The maximum atomic E-state index is 5.37. The SMILES string of the molecule is COC[C@H]1CN(Cc2ccncc2)Cc2nn(C)cc21. The molecule has 0 aromatic carbocycles. The van der Waals surface area contributed by atoms with Crippen LogP contribution in [0.4, 0.5) is 0 Å². The van der Waals surface area contributed by atoms with Crippen molar-refractivity contribution < 1.29 is 4.74 Å². The fourth-order valence-corrected chi connectivity index (χ4v) is 2.91. The summed E-state index contributed by atoms with van der Waals surface area (Å²) in [6.07, 6.45) is 5.82. The van der Waals surface area contributed by atoms with Gasteiger partial charge in [-0.15, -0.1) is 0 Å². The number of fused-ring (bicyclic) bond motifs is 1. The smallest absolute Gasteiger partial charge is 0.0800 e. The average Bonchev–Trinajstić information content (AvgIpc) is 2.81. The van der Waals surface area contributed by atoms with Crippen LogP contribution in [0.5, 0.6) is 0 Å². The number of nitrogens with zero attached hydrogens (tertiary/aromatic N) is 4. The van der Waals surface area contributed by atoms with Gasteiger partial charge in [0.1, 0.15) is 0 Å². The van der Waals surface area contributed by atoms with Crippen LogP contribution in [0.2, 0.25) is 0 Å². The maximum Gasteiger partial charge on any atom is 0.0800 e. The standard InChI is InChI=1S/C15H20N4O/c1-18-9-14-13(11-20-2)8-19(10-15(14)17-18)7-12-3-5-16-6-4-12/h3-6,9,13H,7-8,10-11H2,1-2H3/t13-/m1/s1. The van der Waals surface area contributed by atoms with Gasteiger partial charge >= 0.3 is 0 Å². The molecule has 0 bridgehead atoms. The quantitative estimate of drug-likeness (QED) is 0.847. The Morgan fingerprint density at radius 3 is 2.90 bits per heavy atom. The maximum absolute atomic E-state index is 5.37. The Hall–Kier alpha value is -1.72. The fraction of sp³-hybridized carbons (Fsp3) is 0.467. The molecular formula is C15H20N4O. The second-order valence-electron chi connectivity index (χ2n) is 5.38. The summed E-state index contributed by atoms with van der Waals surface area (Å²) in [5, 5.41) is 4.58. The molecule has 0 N–H and O–H groups in total. The zero-order valence-electron chi connectivity index (χ0n) is 12.0. The Kier molecular flexibility index (Phi) is 3.80. The van der Waals surface area contributed by atoms with E-state index in [2.05, 4.69) is 33.3 Å². The minimum absolute atomic E-state index is 0.402. The Morgan fingerprint density at radius 1 is 1.35 bits per heavy atom. The van der Waals surface area contributed by atoms with Gasteiger partial charge in [0.2, 0.25) is 0 Å². The molecule has 1 atom stereocenters. The lowest BCUT2D eigenvalue weighted by molar-refractivity contribution is 0.135. The zero-order chi connectivity index (χ0) is 13.9. The van der Waals surface area contributed by atoms with Crippen LogP contribution in [0.3, 0.4) is 0 Å². The normalized spacial score (nSPS) is 19.0. The highest BCUT2D eigenvalue weighted by molar-refractivity contribution is 5.26. The van der Waals surface area contributed by atoms with Gasteiger partial charge in [-0.25, -0.2) is 0 Å². The molecular weight excluding hydrogens is 252 g/mol. The molecule has 2 aromatic rings.